The Morgan fingerprint density at radius 3 is 2.18 bits per heavy atom. The standard InChI is InChI=1S/C17H22Cl2N4O5/c1-17(2,3)28-16(25)22-6-4-21(5-7-22)10-14(24)20-15-12(18)8-11(23(26)27)9-13(15)19/h8-9H,4-7,10H2,1-3H3,(H,20,24). The second kappa shape index (κ2) is 8.93. The average molecular weight is 433 g/mol. The Balaban J connectivity index is 1.88. The van der Waals surface area contributed by atoms with Gasteiger partial charge in [0.2, 0.25) is 5.91 Å². The highest BCUT2D eigenvalue weighted by atomic mass is 35.5. The van der Waals surface area contributed by atoms with Gasteiger partial charge in [-0.3, -0.25) is 19.8 Å². The Kier molecular flexibility index (Phi) is 7.08. The molecule has 0 saturated carbocycles. The second-order valence-corrected chi connectivity index (χ2v) is 8.15. The van der Waals surface area contributed by atoms with E-state index < -0.39 is 10.5 Å². The molecule has 1 N–H and O–H groups in total. The van der Waals surface area contributed by atoms with Gasteiger partial charge in [0.15, 0.2) is 0 Å². The van der Waals surface area contributed by atoms with Gasteiger partial charge in [-0.25, -0.2) is 4.79 Å². The molecule has 1 fully saturated rings. The summed E-state index contributed by atoms with van der Waals surface area (Å²) in [5, 5.41) is 13.4. The van der Waals surface area contributed by atoms with Crippen molar-refractivity contribution >= 4 is 46.6 Å². The van der Waals surface area contributed by atoms with Crippen molar-refractivity contribution in [2.24, 2.45) is 0 Å². The van der Waals surface area contributed by atoms with Gasteiger partial charge < -0.3 is 15.0 Å². The summed E-state index contributed by atoms with van der Waals surface area (Å²) < 4.78 is 5.34. The second-order valence-electron chi connectivity index (χ2n) is 7.33. The van der Waals surface area contributed by atoms with Crippen molar-refractivity contribution in [3.05, 3.63) is 32.3 Å². The Labute approximate surface area is 172 Å². The summed E-state index contributed by atoms with van der Waals surface area (Å²) in [6, 6.07) is 2.26. The lowest BCUT2D eigenvalue weighted by molar-refractivity contribution is -0.384. The van der Waals surface area contributed by atoms with Crippen LogP contribution in [0.4, 0.5) is 16.2 Å². The topological polar surface area (TPSA) is 105 Å². The predicted molar refractivity (Wildman–Crippen MR) is 106 cm³/mol. The molecule has 0 unspecified atom stereocenters. The van der Waals surface area contributed by atoms with Gasteiger partial charge in [0, 0.05) is 38.3 Å². The lowest BCUT2D eigenvalue weighted by Gasteiger charge is -2.35. The van der Waals surface area contributed by atoms with Crippen LogP contribution in [0.15, 0.2) is 12.1 Å². The summed E-state index contributed by atoms with van der Waals surface area (Å²) in [5.41, 5.74) is -0.685. The summed E-state index contributed by atoms with van der Waals surface area (Å²) in [6.07, 6.45) is -0.374. The number of piperazine rings is 1. The number of hydrogen-bond acceptors (Lipinski definition) is 6. The SMILES string of the molecule is CC(C)(C)OC(=O)N1CCN(CC(=O)Nc2c(Cl)cc([N+](=O)[O-])cc2Cl)CC1. The van der Waals surface area contributed by atoms with Crippen LogP contribution < -0.4 is 5.32 Å². The lowest BCUT2D eigenvalue weighted by atomic mass is 10.2. The van der Waals surface area contributed by atoms with E-state index in [0.717, 1.165) is 12.1 Å². The summed E-state index contributed by atoms with van der Waals surface area (Å²) in [7, 11) is 0. The highest BCUT2D eigenvalue weighted by Gasteiger charge is 2.27. The molecular weight excluding hydrogens is 411 g/mol. The van der Waals surface area contributed by atoms with Crippen LogP contribution >= 0.6 is 23.2 Å². The molecular formula is C17H22Cl2N4O5. The molecule has 1 aromatic rings. The highest BCUT2D eigenvalue weighted by Crippen LogP contribution is 2.34. The van der Waals surface area contributed by atoms with Crippen LogP contribution in [0.2, 0.25) is 10.0 Å². The maximum Gasteiger partial charge on any atom is 0.410 e. The van der Waals surface area contributed by atoms with Crippen molar-refractivity contribution in [2.45, 2.75) is 26.4 Å². The molecule has 0 atom stereocenters. The van der Waals surface area contributed by atoms with E-state index in [2.05, 4.69) is 5.32 Å². The molecule has 2 amide bonds. The average Bonchev–Trinajstić information content (AvgIpc) is 2.57. The van der Waals surface area contributed by atoms with E-state index in [-0.39, 0.29) is 40.0 Å². The Morgan fingerprint density at radius 1 is 1.18 bits per heavy atom. The number of benzene rings is 1. The molecule has 1 aliphatic heterocycles. The molecule has 0 radical (unpaired) electrons. The number of hydrogen-bond donors (Lipinski definition) is 1. The van der Waals surface area contributed by atoms with Gasteiger partial charge in [-0.1, -0.05) is 23.2 Å². The smallest absolute Gasteiger partial charge is 0.410 e. The molecule has 0 spiro atoms. The van der Waals surface area contributed by atoms with Crippen LogP contribution in [0.25, 0.3) is 0 Å². The largest absolute Gasteiger partial charge is 0.444 e. The van der Waals surface area contributed by atoms with Gasteiger partial charge in [0.1, 0.15) is 5.60 Å². The zero-order chi connectivity index (χ0) is 21.1. The normalized spacial score (nSPS) is 15.2. The van der Waals surface area contributed by atoms with Crippen molar-refractivity contribution < 1.29 is 19.2 Å². The van der Waals surface area contributed by atoms with E-state index in [1.165, 1.54) is 0 Å². The molecule has 0 bridgehead atoms. The zero-order valence-corrected chi connectivity index (χ0v) is 17.3. The molecule has 0 aliphatic carbocycles. The van der Waals surface area contributed by atoms with Crippen molar-refractivity contribution in [3.8, 4) is 0 Å². The summed E-state index contributed by atoms with van der Waals surface area (Å²) in [6.45, 7) is 7.40. The van der Waals surface area contributed by atoms with Crippen LogP contribution in [0.5, 0.6) is 0 Å². The highest BCUT2D eigenvalue weighted by molar-refractivity contribution is 6.40. The molecule has 1 aliphatic rings. The maximum absolute atomic E-state index is 12.3. The number of carbonyl (C=O) groups excluding carboxylic acids is 2. The molecule has 2 rings (SSSR count). The van der Waals surface area contributed by atoms with E-state index in [4.69, 9.17) is 27.9 Å². The first-order valence-corrected chi connectivity index (χ1v) is 9.35. The number of amides is 2. The lowest BCUT2D eigenvalue weighted by Crippen LogP contribution is -2.51. The zero-order valence-electron chi connectivity index (χ0n) is 15.8. The van der Waals surface area contributed by atoms with Gasteiger partial charge in [-0.2, -0.15) is 0 Å². The molecule has 9 nitrogen and oxygen atoms in total. The molecule has 0 aromatic heterocycles. The van der Waals surface area contributed by atoms with Crippen LogP contribution in [0, 0.1) is 10.1 Å². The molecule has 28 heavy (non-hydrogen) atoms. The first kappa shape index (κ1) is 22.2. The number of nitro benzene ring substituents is 1. The number of nitro groups is 1. The Morgan fingerprint density at radius 2 is 1.71 bits per heavy atom. The quantitative estimate of drug-likeness (QED) is 0.577. The number of ether oxygens (including phenoxy) is 1. The minimum atomic E-state index is -0.618. The third-order valence-corrected chi connectivity index (χ3v) is 4.49. The monoisotopic (exact) mass is 432 g/mol. The van der Waals surface area contributed by atoms with Gasteiger partial charge >= 0.3 is 6.09 Å². The summed E-state index contributed by atoms with van der Waals surface area (Å²) >= 11 is 12.0. The number of nitrogens with one attached hydrogen (secondary N) is 1. The van der Waals surface area contributed by atoms with E-state index in [9.17, 15) is 19.7 Å². The van der Waals surface area contributed by atoms with Gasteiger partial charge in [0.05, 0.1) is 27.2 Å². The van der Waals surface area contributed by atoms with E-state index >= 15 is 0 Å². The van der Waals surface area contributed by atoms with E-state index in [0.29, 0.717) is 26.2 Å². The van der Waals surface area contributed by atoms with E-state index in [1.807, 2.05) is 4.90 Å². The third-order valence-electron chi connectivity index (χ3n) is 3.89. The van der Waals surface area contributed by atoms with Crippen molar-refractivity contribution in [1.82, 2.24) is 9.80 Å². The van der Waals surface area contributed by atoms with Gasteiger partial charge in [0.25, 0.3) is 5.69 Å². The van der Waals surface area contributed by atoms with Crippen molar-refractivity contribution in [3.63, 3.8) is 0 Å². The molecule has 154 valence electrons. The number of rotatable bonds is 4. The molecule has 1 aromatic carbocycles. The molecule has 1 heterocycles. The number of halogens is 2. The molecule has 11 heteroatoms. The van der Waals surface area contributed by atoms with E-state index in [1.54, 1.807) is 25.7 Å². The number of nitrogens with zero attached hydrogens (tertiary/aromatic N) is 3. The molecule has 1 saturated heterocycles. The number of carbonyl (C=O) groups is 2. The van der Waals surface area contributed by atoms with Crippen LogP contribution in [0.3, 0.4) is 0 Å². The minimum Gasteiger partial charge on any atom is -0.444 e. The van der Waals surface area contributed by atoms with Crippen LogP contribution in [-0.4, -0.2) is 65.0 Å². The summed E-state index contributed by atoms with van der Waals surface area (Å²) in [5.74, 6) is -0.358. The third kappa shape index (κ3) is 6.22. The van der Waals surface area contributed by atoms with Crippen LogP contribution in [-0.2, 0) is 9.53 Å². The Bertz CT molecular complexity index is 750. The predicted octanol–water partition coefficient (Wildman–Crippen LogP) is 3.39. The summed E-state index contributed by atoms with van der Waals surface area (Å²) in [4.78, 5) is 38.0. The van der Waals surface area contributed by atoms with Gasteiger partial charge in [-0.15, -0.1) is 0 Å². The first-order chi connectivity index (χ1) is 13.0. The minimum absolute atomic E-state index is 0.0118. The first-order valence-electron chi connectivity index (χ1n) is 8.60. The maximum atomic E-state index is 12.3. The number of anilines is 1. The van der Waals surface area contributed by atoms with Crippen LogP contribution in [0.1, 0.15) is 20.8 Å². The fourth-order valence-electron chi connectivity index (χ4n) is 2.58. The fourth-order valence-corrected chi connectivity index (χ4v) is 3.15. The Hall–Kier alpha value is -2.10. The van der Waals surface area contributed by atoms with Crippen molar-refractivity contribution in [2.75, 3.05) is 38.0 Å². The van der Waals surface area contributed by atoms with Gasteiger partial charge in [-0.05, 0) is 20.8 Å². The fraction of sp³-hybridized carbons (Fsp3) is 0.529. The number of non-ortho nitro benzene ring substituents is 1. The van der Waals surface area contributed by atoms with Crippen molar-refractivity contribution in [1.29, 1.82) is 0 Å².